The van der Waals surface area contributed by atoms with Crippen LogP contribution in [0.1, 0.15) is 11.3 Å². The van der Waals surface area contributed by atoms with E-state index >= 15 is 0 Å². The largest absolute Gasteiger partial charge is 0.493 e. The maximum Gasteiger partial charge on any atom is 0.203 e. The van der Waals surface area contributed by atoms with E-state index in [1.54, 1.807) is 41.7 Å². The van der Waals surface area contributed by atoms with Gasteiger partial charge in [-0.05, 0) is 35.4 Å². The van der Waals surface area contributed by atoms with Crippen molar-refractivity contribution in [1.82, 2.24) is 4.98 Å². The summed E-state index contributed by atoms with van der Waals surface area (Å²) in [5.41, 5.74) is 3.87. The van der Waals surface area contributed by atoms with Gasteiger partial charge >= 0.3 is 0 Å². The van der Waals surface area contributed by atoms with Crippen LogP contribution in [0, 0.1) is 0 Å². The van der Waals surface area contributed by atoms with Crippen LogP contribution < -0.4 is 23.7 Å². The summed E-state index contributed by atoms with van der Waals surface area (Å²) in [5, 5.41) is 1.93. The third-order valence-electron chi connectivity index (χ3n) is 5.65. The van der Waals surface area contributed by atoms with E-state index in [4.69, 9.17) is 28.7 Å². The zero-order valence-corrected chi connectivity index (χ0v) is 19.5. The minimum Gasteiger partial charge on any atom is -0.493 e. The van der Waals surface area contributed by atoms with Crippen molar-refractivity contribution < 1.29 is 23.7 Å². The number of methoxy groups -OCH3 is 5. The second-order valence-electron chi connectivity index (χ2n) is 7.42. The standard InChI is InChI=1S/C27H27NO5/c1-29-23-14-17(15-24(30-2)27(23)33-5)13-22-21-16-20(18-9-7-6-8-10-18)26(32-4)25(31-3)19(21)11-12-28-22/h6-12,14-16H,13H2,1-5H3. The molecule has 0 fully saturated rings. The van der Waals surface area contributed by atoms with Gasteiger partial charge in [-0.2, -0.15) is 0 Å². The van der Waals surface area contributed by atoms with Crippen LogP contribution in [0.15, 0.2) is 60.8 Å². The van der Waals surface area contributed by atoms with Gasteiger partial charge in [0, 0.05) is 29.0 Å². The predicted molar refractivity (Wildman–Crippen MR) is 129 cm³/mol. The summed E-state index contributed by atoms with van der Waals surface area (Å²) in [7, 11) is 8.14. The summed E-state index contributed by atoms with van der Waals surface area (Å²) < 4.78 is 28.1. The molecule has 6 heteroatoms. The van der Waals surface area contributed by atoms with Gasteiger partial charge in [0.25, 0.3) is 0 Å². The van der Waals surface area contributed by atoms with Crippen molar-refractivity contribution >= 4 is 10.8 Å². The van der Waals surface area contributed by atoms with E-state index in [1.807, 2.05) is 36.4 Å². The Kier molecular flexibility index (Phi) is 6.54. The summed E-state index contributed by atoms with van der Waals surface area (Å²) in [6.07, 6.45) is 2.36. The van der Waals surface area contributed by atoms with E-state index in [0.29, 0.717) is 35.2 Å². The molecule has 1 aromatic heterocycles. The van der Waals surface area contributed by atoms with Crippen molar-refractivity contribution in [3.63, 3.8) is 0 Å². The molecular weight excluding hydrogens is 418 g/mol. The zero-order valence-electron chi connectivity index (χ0n) is 19.5. The van der Waals surface area contributed by atoms with Crippen LogP contribution in [0.25, 0.3) is 21.9 Å². The Hall–Kier alpha value is -3.93. The average molecular weight is 446 g/mol. The van der Waals surface area contributed by atoms with E-state index in [-0.39, 0.29) is 0 Å². The highest BCUT2D eigenvalue weighted by atomic mass is 16.5. The Labute approximate surface area is 193 Å². The number of nitrogens with zero attached hydrogens (tertiary/aromatic N) is 1. The number of fused-ring (bicyclic) bond motifs is 1. The van der Waals surface area contributed by atoms with Crippen molar-refractivity contribution in [3.05, 3.63) is 72.1 Å². The lowest BCUT2D eigenvalue weighted by molar-refractivity contribution is 0.324. The fraction of sp³-hybridized carbons (Fsp3) is 0.222. The summed E-state index contributed by atoms with van der Waals surface area (Å²) >= 11 is 0. The van der Waals surface area contributed by atoms with Gasteiger partial charge in [0.2, 0.25) is 5.75 Å². The van der Waals surface area contributed by atoms with E-state index in [9.17, 15) is 0 Å². The summed E-state index contributed by atoms with van der Waals surface area (Å²) in [6.45, 7) is 0. The molecule has 1 heterocycles. The fourth-order valence-corrected chi connectivity index (χ4v) is 4.14. The van der Waals surface area contributed by atoms with Gasteiger partial charge in [-0.25, -0.2) is 0 Å². The molecule has 0 aliphatic heterocycles. The van der Waals surface area contributed by atoms with Crippen molar-refractivity contribution in [3.8, 4) is 39.9 Å². The van der Waals surface area contributed by atoms with Crippen molar-refractivity contribution in [1.29, 1.82) is 0 Å². The smallest absolute Gasteiger partial charge is 0.203 e. The molecule has 0 aliphatic rings. The summed E-state index contributed by atoms with van der Waals surface area (Å²) in [4.78, 5) is 4.71. The van der Waals surface area contributed by atoms with Gasteiger partial charge in [0.05, 0.1) is 41.2 Å². The van der Waals surface area contributed by atoms with E-state index in [2.05, 4.69) is 18.2 Å². The molecular formula is C27H27NO5. The van der Waals surface area contributed by atoms with E-state index < -0.39 is 0 Å². The highest BCUT2D eigenvalue weighted by Crippen LogP contribution is 2.45. The van der Waals surface area contributed by atoms with Crippen molar-refractivity contribution in [2.75, 3.05) is 35.5 Å². The van der Waals surface area contributed by atoms with Gasteiger partial charge < -0.3 is 23.7 Å². The lowest BCUT2D eigenvalue weighted by atomic mass is 9.96. The highest BCUT2D eigenvalue weighted by Gasteiger charge is 2.20. The Bertz CT molecular complexity index is 1250. The topological polar surface area (TPSA) is 59.0 Å². The van der Waals surface area contributed by atoms with E-state index in [1.165, 1.54) is 0 Å². The lowest BCUT2D eigenvalue weighted by Crippen LogP contribution is -2.01. The minimum atomic E-state index is 0.562. The molecule has 6 nitrogen and oxygen atoms in total. The SMILES string of the molecule is COc1cc(Cc2nccc3c(OC)c(OC)c(-c4ccccc4)cc23)cc(OC)c1OC. The maximum atomic E-state index is 5.81. The second kappa shape index (κ2) is 9.69. The van der Waals surface area contributed by atoms with Crippen LogP contribution in [-0.2, 0) is 6.42 Å². The first-order valence-electron chi connectivity index (χ1n) is 10.5. The first kappa shape index (κ1) is 22.3. The van der Waals surface area contributed by atoms with Gasteiger partial charge in [-0.15, -0.1) is 0 Å². The first-order valence-corrected chi connectivity index (χ1v) is 10.5. The summed E-state index contributed by atoms with van der Waals surface area (Å²) in [6, 6.07) is 18.1. The van der Waals surface area contributed by atoms with Gasteiger partial charge in [-0.1, -0.05) is 30.3 Å². The van der Waals surface area contributed by atoms with Crippen molar-refractivity contribution in [2.24, 2.45) is 0 Å². The van der Waals surface area contributed by atoms with Crippen LogP contribution in [0.3, 0.4) is 0 Å². The van der Waals surface area contributed by atoms with Crippen LogP contribution in [-0.4, -0.2) is 40.5 Å². The van der Waals surface area contributed by atoms with Gasteiger partial charge in [0.15, 0.2) is 23.0 Å². The van der Waals surface area contributed by atoms with Crippen LogP contribution in [0.5, 0.6) is 28.7 Å². The van der Waals surface area contributed by atoms with Crippen LogP contribution in [0.4, 0.5) is 0 Å². The number of hydrogen-bond donors (Lipinski definition) is 0. The molecule has 0 aliphatic carbocycles. The van der Waals surface area contributed by atoms with Gasteiger partial charge in [0.1, 0.15) is 0 Å². The van der Waals surface area contributed by atoms with Crippen LogP contribution >= 0.6 is 0 Å². The Morgan fingerprint density at radius 2 is 1.27 bits per heavy atom. The van der Waals surface area contributed by atoms with Crippen LogP contribution in [0.2, 0.25) is 0 Å². The molecule has 0 radical (unpaired) electrons. The molecule has 0 unspecified atom stereocenters. The molecule has 170 valence electrons. The normalized spacial score (nSPS) is 10.7. The molecule has 0 spiro atoms. The lowest BCUT2D eigenvalue weighted by Gasteiger charge is -2.18. The Morgan fingerprint density at radius 1 is 0.636 bits per heavy atom. The van der Waals surface area contributed by atoms with Gasteiger partial charge in [-0.3, -0.25) is 4.98 Å². The van der Waals surface area contributed by atoms with Crippen molar-refractivity contribution in [2.45, 2.75) is 6.42 Å². The monoisotopic (exact) mass is 445 g/mol. The molecule has 3 aromatic carbocycles. The minimum absolute atomic E-state index is 0.562. The molecule has 0 N–H and O–H groups in total. The molecule has 0 amide bonds. The van der Waals surface area contributed by atoms with E-state index in [0.717, 1.165) is 33.2 Å². The maximum absolute atomic E-state index is 5.81. The number of benzene rings is 3. The molecule has 4 rings (SSSR count). The number of ether oxygens (including phenoxy) is 5. The molecule has 0 saturated heterocycles. The first-order chi connectivity index (χ1) is 16.1. The molecule has 33 heavy (non-hydrogen) atoms. The zero-order chi connectivity index (χ0) is 23.4. The third kappa shape index (κ3) is 4.12. The number of pyridine rings is 1. The fourth-order valence-electron chi connectivity index (χ4n) is 4.14. The number of aromatic nitrogens is 1. The molecule has 4 aromatic rings. The average Bonchev–Trinajstić information content (AvgIpc) is 2.87. The molecule has 0 atom stereocenters. The second-order valence-corrected chi connectivity index (χ2v) is 7.42. The molecule has 0 bridgehead atoms. The quantitative estimate of drug-likeness (QED) is 0.355. The number of hydrogen-bond acceptors (Lipinski definition) is 6. The Balaban J connectivity index is 1.91. The highest BCUT2D eigenvalue weighted by molar-refractivity contribution is 5.98. The number of rotatable bonds is 8. The predicted octanol–water partition coefficient (Wildman–Crippen LogP) is 5.54. The Morgan fingerprint density at radius 3 is 1.85 bits per heavy atom. The third-order valence-corrected chi connectivity index (χ3v) is 5.65. The molecule has 0 saturated carbocycles. The summed E-state index contributed by atoms with van der Waals surface area (Å²) in [5.74, 6) is 3.16.